The molecule has 1 heterocycles. The molecule has 6 heteroatoms. The Kier molecular flexibility index (Phi) is 4.84. The van der Waals surface area contributed by atoms with Crippen molar-refractivity contribution in [2.45, 2.75) is 25.7 Å². The molecule has 4 nitrogen and oxygen atoms in total. The standard InChI is InChI=1S/C13H13N3OS2/c14-5-2-6-18-8-12(17)16-13-10(7-15)9-3-1-4-11(9)19-13/h1-4,6,8H2,(H,16,17). The average molecular weight is 291 g/mol. The number of rotatable bonds is 5. The molecule has 0 atom stereocenters. The summed E-state index contributed by atoms with van der Waals surface area (Å²) < 4.78 is 0. The first-order chi connectivity index (χ1) is 9.26. The molecule has 1 aromatic rings. The van der Waals surface area contributed by atoms with Crippen LogP contribution in [0.3, 0.4) is 0 Å². The van der Waals surface area contributed by atoms with Crippen molar-refractivity contribution in [3.63, 3.8) is 0 Å². The van der Waals surface area contributed by atoms with Gasteiger partial charge in [0.25, 0.3) is 0 Å². The number of fused-ring (bicyclic) bond motifs is 1. The summed E-state index contributed by atoms with van der Waals surface area (Å²) in [5.74, 6) is 0.893. The average Bonchev–Trinajstić information content (AvgIpc) is 2.94. The fourth-order valence-corrected chi connectivity index (χ4v) is 3.95. The van der Waals surface area contributed by atoms with E-state index in [1.807, 2.05) is 6.07 Å². The van der Waals surface area contributed by atoms with Crippen molar-refractivity contribution in [3.8, 4) is 12.1 Å². The van der Waals surface area contributed by atoms with Crippen molar-refractivity contribution in [3.05, 3.63) is 16.0 Å². The number of amides is 1. The molecule has 1 aromatic heterocycles. The zero-order chi connectivity index (χ0) is 13.7. The number of nitrogens with one attached hydrogen (secondary N) is 1. The van der Waals surface area contributed by atoms with E-state index in [0.29, 0.717) is 28.5 Å². The van der Waals surface area contributed by atoms with Crippen LogP contribution in [0.25, 0.3) is 0 Å². The Balaban J connectivity index is 1.95. The van der Waals surface area contributed by atoms with E-state index in [-0.39, 0.29) is 5.91 Å². The third-order valence-corrected chi connectivity index (χ3v) is 5.04. The third kappa shape index (κ3) is 3.28. The van der Waals surface area contributed by atoms with Crippen LogP contribution in [0.2, 0.25) is 0 Å². The van der Waals surface area contributed by atoms with Gasteiger partial charge in [-0.3, -0.25) is 4.79 Å². The number of carbonyl (C=O) groups is 1. The van der Waals surface area contributed by atoms with Gasteiger partial charge in [-0.15, -0.1) is 11.3 Å². The van der Waals surface area contributed by atoms with Gasteiger partial charge in [0.15, 0.2) is 0 Å². The largest absolute Gasteiger partial charge is 0.316 e. The third-order valence-electron chi connectivity index (χ3n) is 2.88. The van der Waals surface area contributed by atoms with Crippen LogP contribution in [0, 0.1) is 22.7 Å². The molecule has 19 heavy (non-hydrogen) atoms. The van der Waals surface area contributed by atoms with Crippen molar-refractivity contribution in [1.82, 2.24) is 0 Å². The molecule has 1 aliphatic rings. The minimum absolute atomic E-state index is 0.0978. The summed E-state index contributed by atoms with van der Waals surface area (Å²) in [6.45, 7) is 0. The number of anilines is 1. The topological polar surface area (TPSA) is 76.7 Å². The van der Waals surface area contributed by atoms with E-state index in [9.17, 15) is 10.1 Å². The van der Waals surface area contributed by atoms with Gasteiger partial charge in [-0.1, -0.05) is 0 Å². The van der Waals surface area contributed by atoms with Crippen molar-refractivity contribution >= 4 is 34.0 Å². The van der Waals surface area contributed by atoms with Crippen molar-refractivity contribution in [2.24, 2.45) is 0 Å². The number of nitrogens with zero attached hydrogens (tertiary/aromatic N) is 2. The van der Waals surface area contributed by atoms with Gasteiger partial charge in [-0.2, -0.15) is 22.3 Å². The molecule has 0 spiro atoms. The van der Waals surface area contributed by atoms with E-state index >= 15 is 0 Å². The summed E-state index contributed by atoms with van der Waals surface area (Å²) in [4.78, 5) is 13.0. The summed E-state index contributed by atoms with van der Waals surface area (Å²) in [6, 6.07) is 4.25. The summed E-state index contributed by atoms with van der Waals surface area (Å²) in [6.07, 6.45) is 3.52. The number of thioether (sulfide) groups is 1. The van der Waals surface area contributed by atoms with E-state index in [1.54, 1.807) is 0 Å². The Hall–Kier alpha value is -1.50. The molecule has 0 radical (unpaired) electrons. The van der Waals surface area contributed by atoms with Crippen LogP contribution < -0.4 is 5.32 Å². The van der Waals surface area contributed by atoms with Crippen LogP contribution in [0.5, 0.6) is 0 Å². The second-order valence-corrected chi connectivity index (χ2v) is 6.39. The lowest BCUT2D eigenvalue weighted by Gasteiger charge is -2.03. The van der Waals surface area contributed by atoms with Gasteiger partial charge in [0.2, 0.25) is 5.91 Å². The van der Waals surface area contributed by atoms with Crippen LogP contribution in [0.4, 0.5) is 5.00 Å². The number of thiophene rings is 1. The maximum atomic E-state index is 11.8. The molecule has 1 N–H and O–H groups in total. The molecule has 1 amide bonds. The Morgan fingerprint density at radius 2 is 2.26 bits per heavy atom. The number of hydrogen-bond acceptors (Lipinski definition) is 5. The lowest BCUT2D eigenvalue weighted by Crippen LogP contribution is -2.14. The normalized spacial score (nSPS) is 12.5. The Morgan fingerprint density at radius 1 is 1.42 bits per heavy atom. The lowest BCUT2D eigenvalue weighted by atomic mass is 10.1. The molecule has 2 rings (SSSR count). The first-order valence-electron chi connectivity index (χ1n) is 6.05. The predicted octanol–water partition coefficient (Wildman–Crippen LogP) is 2.69. The zero-order valence-corrected chi connectivity index (χ0v) is 12.0. The minimum atomic E-state index is -0.0978. The maximum absolute atomic E-state index is 11.8. The Labute approximate surface area is 120 Å². The molecule has 0 aromatic carbocycles. The molecule has 1 aliphatic carbocycles. The van der Waals surface area contributed by atoms with Crippen LogP contribution in [-0.4, -0.2) is 17.4 Å². The molecular weight excluding hydrogens is 278 g/mol. The Morgan fingerprint density at radius 3 is 3.00 bits per heavy atom. The van der Waals surface area contributed by atoms with Gasteiger partial charge >= 0.3 is 0 Å². The van der Waals surface area contributed by atoms with Crippen molar-refractivity contribution in [2.75, 3.05) is 16.8 Å². The smallest absolute Gasteiger partial charge is 0.235 e. The molecule has 98 valence electrons. The minimum Gasteiger partial charge on any atom is -0.316 e. The first kappa shape index (κ1) is 13.9. The summed E-state index contributed by atoms with van der Waals surface area (Å²) in [5, 5.41) is 21.1. The molecule has 0 saturated carbocycles. The van der Waals surface area contributed by atoms with Gasteiger partial charge in [0.05, 0.1) is 17.4 Å². The molecule has 0 saturated heterocycles. The number of aryl methyl sites for hydroxylation is 1. The van der Waals surface area contributed by atoms with Gasteiger partial charge in [0.1, 0.15) is 11.1 Å². The summed E-state index contributed by atoms with van der Waals surface area (Å²) in [7, 11) is 0. The second kappa shape index (κ2) is 6.60. The second-order valence-electron chi connectivity index (χ2n) is 4.18. The molecule has 0 unspecified atom stereocenters. The van der Waals surface area contributed by atoms with Crippen molar-refractivity contribution in [1.29, 1.82) is 10.5 Å². The SMILES string of the molecule is N#CCCSCC(=O)Nc1sc2c(c1C#N)CCC2. The van der Waals surface area contributed by atoms with E-state index in [2.05, 4.69) is 11.4 Å². The number of hydrogen-bond donors (Lipinski definition) is 1. The van der Waals surface area contributed by atoms with E-state index in [0.717, 1.165) is 24.8 Å². The predicted molar refractivity (Wildman–Crippen MR) is 77.2 cm³/mol. The highest BCUT2D eigenvalue weighted by atomic mass is 32.2. The number of carbonyl (C=O) groups excluding carboxylic acids is 1. The highest BCUT2D eigenvalue weighted by Gasteiger charge is 2.22. The molecule has 0 fully saturated rings. The van der Waals surface area contributed by atoms with Crippen LogP contribution in [-0.2, 0) is 17.6 Å². The highest BCUT2D eigenvalue weighted by Crippen LogP contribution is 2.38. The first-order valence-corrected chi connectivity index (χ1v) is 8.02. The Bertz CT molecular complexity index is 566. The van der Waals surface area contributed by atoms with E-state index < -0.39 is 0 Å². The monoisotopic (exact) mass is 291 g/mol. The van der Waals surface area contributed by atoms with E-state index in [4.69, 9.17) is 5.26 Å². The van der Waals surface area contributed by atoms with E-state index in [1.165, 1.54) is 28.0 Å². The molecule has 0 bridgehead atoms. The fourth-order valence-electron chi connectivity index (χ4n) is 2.06. The quantitative estimate of drug-likeness (QED) is 0.846. The summed E-state index contributed by atoms with van der Waals surface area (Å²) >= 11 is 2.97. The van der Waals surface area contributed by atoms with Crippen molar-refractivity contribution < 1.29 is 4.79 Å². The van der Waals surface area contributed by atoms with Crippen LogP contribution >= 0.6 is 23.1 Å². The fraction of sp³-hybridized carbons (Fsp3) is 0.462. The maximum Gasteiger partial charge on any atom is 0.235 e. The lowest BCUT2D eigenvalue weighted by molar-refractivity contribution is -0.113. The molecule has 0 aliphatic heterocycles. The van der Waals surface area contributed by atoms with Crippen LogP contribution in [0.1, 0.15) is 28.8 Å². The van der Waals surface area contributed by atoms with Gasteiger partial charge in [0, 0.05) is 17.1 Å². The zero-order valence-electron chi connectivity index (χ0n) is 10.4. The van der Waals surface area contributed by atoms with Crippen LogP contribution in [0.15, 0.2) is 0 Å². The van der Waals surface area contributed by atoms with Gasteiger partial charge in [-0.25, -0.2) is 0 Å². The van der Waals surface area contributed by atoms with Gasteiger partial charge < -0.3 is 5.32 Å². The summed E-state index contributed by atoms with van der Waals surface area (Å²) in [5.41, 5.74) is 1.77. The molecular formula is C13H13N3OS2. The van der Waals surface area contributed by atoms with Gasteiger partial charge in [-0.05, 0) is 24.8 Å². The number of nitriles is 2. The highest BCUT2D eigenvalue weighted by molar-refractivity contribution is 7.99.